The zero-order valence-electron chi connectivity index (χ0n) is 14.4. The number of primary amides is 1. The maximum Gasteiger partial charge on any atom is 0.255 e. The number of halogens is 1. The van der Waals surface area contributed by atoms with Crippen LogP contribution in [-0.2, 0) is 11.3 Å². The van der Waals surface area contributed by atoms with Gasteiger partial charge in [-0.2, -0.15) is 0 Å². The molecule has 0 aliphatic carbocycles. The summed E-state index contributed by atoms with van der Waals surface area (Å²) in [4.78, 5) is 11.0. The number of nitrogens with two attached hydrogens (primary N) is 1. The number of carbonyl (C=O) groups is 1. The molecule has 0 unspecified atom stereocenters. The molecule has 1 amide bonds. The molecule has 0 saturated carbocycles. The molecule has 6 heteroatoms. The third kappa shape index (κ3) is 5.89. The highest BCUT2D eigenvalue weighted by Gasteiger charge is 2.14. The van der Waals surface area contributed by atoms with Gasteiger partial charge in [-0.1, -0.05) is 30.3 Å². The van der Waals surface area contributed by atoms with E-state index in [0.717, 1.165) is 9.13 Å². The van der Waals surface area contributed by atoms with E-state index in [0.29, 0.717) is 24.7 Å². The molecule has 0 spiro atoms. The molecule has 0 saturated heterocycles. The number of amides is 1. The predicted octanol–water partition coefficient (Wildman–Crippen LogP) is 3.40. The summed E-state index contributed by atoms with van der Waals surface area (Å²) in [6, 6.07) is 14.5. The van der Waals surface area contributed by atoms with Crippen LogP contribution < -0.4 is 20.5 Å². The normalized spacial score (nSPS) is 11.8. The second-order valence-corrected chi connectivity index (χ2v) is 6.77. The molecule has 2 aromatic carbocycles. The Balaban J connectivity index is 2.11. The molecule has 2 rings (SSSR count). The lowest BCUT2D eigenvalue weighted by molar-refractivity contribution is -0.119. The Bertz CT molecular complexity index is 707. The lowest BCUT2D eigenvalue weighted by Gasteiger charge is -2.17. The van der Waals surface area contributed by atoms with Gasteiger partial charge in [0.05, 0.1) is 10.2 Å². The second kappa shape index (κ2) is 9.62. The molecule has 134 valence electrons. The predicted molar refractivity (Wildman–Crippen MR) is 107 cm³/mol. The largest absolute Gasteiger partial charge is 0.490 e. The molecule has 0 fully saturated rings. The first-order valence-corrected chi connectivity index (χ1v) is 9.23. The summed E-state index contributed by atoms with van der Waals surface area (Å²) >= 11 is 2.18. The highest BCUT2D eigenvalue weighted by molar-refractivity contribution is 14.1. The fourth-order valence-corrected chi connectivity index (χ4v) is 3.22. The van der Waals surface area contributed by atoms with E-state index in [9.17, 15) is 4.79 Å². The fourth-order valence-electron chi connectivity index (χ4n) is 2.40. The van der Waals surface area contributed by atoms with Gasteiger partial charge in [0.2, 0.25) is 0 Å². The lowest BCUT2D eigenvalue weighted by atomic mass is 10.1. The van der Waals surface area contributed by atoms with E-state index < -0.39 is 5.91 Å². The van der Waals surface area contributed by atoms with Gasteiger partial charge in [-0.05, 0) is 59.7 Å². The number of rotatable bonds is 9. The molecule has 0 aromatic heterocycles. The second-order valence-electron chi connectivity index (χ2n) is 5.61. The van der Waals surface area contributed by atoms with Gasteiger partial charge >= 0.3 is 0 Å². The van der Waals surface area contributed by atoms with Gasteiger partial charge in [-0.3, -0.25) is 4.79 Å². The Morgan fingerprint density at radius 3 is 2.60 bits per heavy atom. The monoisotopic (exact) mass is 454 g/mol. The average Bonchev–Trinajstić information content (AvgIpc) is 2.59. The first kappa shape index (κ1) is 19.5. The van der Waals surface area contributed by atoms with Crippen LogP contribution in [0.1, 0.15) is 31.0 Å². The van der Waals surface area contributed by atoms with Crippen LogP contribution in [0.25, 0.3) is 0 Å². The topological polar surface area (TPSA) is 73.6 Å². The van der Waals surface area contributed by atoms with E-state index in [1.807, 2.05) is 37.3 Å². The van der Waals surface area contributed by atoms with Crippen LogP contribution in [0.3, 0.4) is 0 Å². The molecule has 25 heavy (non-hydrogen) atoms. The van der Waals surface area contributed by atoms with E-state index in [1.165, 1.54) is 5.56 Å². The number of hydrogen-bond donors (Lipinski definition) is 2. The molecule has 1 atom stereocenters. The van der Waals surface area contributed by atoms with Crippen LogP contribution in [0.15, 0.2) is 42.5 Å². The first-order valence-electron chi connectivity index (χ1n) is 8.16. The van der Waals surface area contributed by atoms with Crippen molar-refractivity contribution in [3.63, 3.8) is 0 Å². The Morgan fingerprint density at radius 2 is 1.96 bits per heavy atom. The molecule has 0 aliphatic heterocycles. The van der Waals surface area contributed by atoms with Crippen LogP contribution in [0.5, 0.6) is 11.5 Å². The average molecular weight is 454 g/mol. The van der Waals surface area contributed by atoms with Gasteiger partial charge in [-0.15, -0.1) is 0 Å². The number of ether oxygens (including phenoxy) is 2. The minimum Gasteiger partial charge on any atom is -0.490 e. The minimum absolute atomic E-state index is 0.168. The molecular formula is C19H23IN2O3. The summed E-state index contributed by atoms with van der Waals surface area (Å²) in [7, 11) is 0. The van der Waals surface area contributed by atoms with E-state index in [-0.39, 0.29) is 12.6 Å². The van der Waals surface area contributed by atoms with Gasteiger partial charge in [0, 0.05) is 12.6 Å². The van der Waals surface area contributed by atoms with Crippen molar-refractivity contribution in [2.75, 3.05) is 13.2 Å². The lowest BCUT2D eigenvalue weighted by Crippen LogP contribution is -2.21. The smallest absolute Gasteiger partial charge is 0.255 e. The standard InChI is InChI=1S/C19H23IN2O3/c1-3-24-17-10-14(9-16(20)19(17)25-12-18(21)23)11-22-13(2)15-7-5-4-6-8-15/h4-10,13,22H,3,11-12H2,1-2H3,(H2,21,23)/t13-/m0/s1. The Labute approximate surface area is 162 Å². The molecule has 0 aliphatic rings. The first-order chi connectivity index (χ1) is 12.0. The number of carbonyl (C=O) groups excluding carboxylic acids is 1. The summed E-state index contributed by atoms with van der Waals surface area (Å²) in [6.07, 6.45) is 0. The zero-order chi connectivity index (χ0) is 18.2. The van der Waals surface area contributed by atoms with Crippen LogP contribution in [0.4, 0.5) is 0 Å². The summed E-state index contributed by atoms with van der Waals surface area (Å²) in [5, 5.41) is 3.51. The van der Waals surface area contributed by atoms with Gasteiger partial charge < -0.3 is 20.5 Å². The van der Waals surface area contributed by atoms with Crippen molar-refractivity contribution in [3.8, 4) is 11.5 Å². The third-order valence-electron chi connectivity index (χ3n) is 3.64. The maximum absolute atomic E-state index is 11.0. The Kier molecular flexibility index (Phi) is 7.52. The maximum atomic E-state index is 11.0. The van der Waals surface area contributed by atoms with E-state index in [4.69, 9.17) is 15.2 Å². The van der Waals surface area contributed by atoms with Gasteiger partial charge in [0.15, 0.2) is 18.1 Å². The Morgan fingerprint density at radius 1 is 1.24 bits per heavy atom. The van der Waals surface area contributed by atoms with Crippen molar-refractivity contribution in [1.29, 1.82) is 0 Å². The Hall–Kier alpha value is -1.80. The van der Waals surface area contributed by atoms with Crippen LogP contribution >= 0.6 is 22.6 Å². The summed E-state index contributed by atoms with van der Waals surface area (Å²) < 4.78 is 12.1. The van der Waals surface area contributed by atoms with Gasteiger partial charge in [-0.25, -0.2) is 0 Å². The van der Waals surface area contributed by atoms with Crippen LogP contribution in [0, 0.1) is 3.57 Å². The molecule has 0 radical (unpaired) electrons. The van der Waals surface area contributed by atoms with Crippen LogP contribution in [0.2, 0.25) is 0 Å². The zero-order valence-corrected chi connectivity index (χ0v) is 16.6. The summed E-state index contributed by atoms with van der Waals surface area (Å²) in [6.45, 7) is 5.09. The molecule has 3 N–H and O–H groups in total. The number of benzene rings is 2. The highest BCUT2D eigenvalue weighted by atomic mass is 127. The van der Waals surface area contributed by atoms with Crippen molar-refractivity contribution < 1.29 is 14.3 Å². The van der Waals surface area contributed by atoms with Crippen molar-refractivity contribution in [2.45, 2.75) is 26.4 Å². The molecule has 2 aromatic rings. The third-order valence-corrected chi connectivity index (χ3v) is 4.44. The van der Waals surface area contributed by atoms with E-state index >= 15 is 0 Å². The molecule has 0 bridgehead atoms. The highest BCUT2D eigenvalue weighted by Crippen LogP contribution is 2.34. The van der Waals surface area contributed by atoms with E-state index in [1.54, 1.807) is 0 Å². The van der Waals surface area contributed by atoms with Crippen molar-refractivity contribution in [1.82, 2.24) is 5.32 Å². The summed E-state index contributed by atoms with van der Waals surface area (Å²) in [5.74, 6) is 0.668. The SMILES string of the molecule is CCOc1cc(CN[C@@H](C)c2ccccc2)cc(I)c1OCC(N)=O. The minimum atomic E-state index is -0.513. The number of nitrogens with one attached hydrogen (secondary N) is 1. The molecule has 5 nitrogen and oxygen atoms in total. The summed E-state index contributed by atoms with van der Waals surface area (Å²) in [5.41, 5.74) is 7.49. The van der Waals surface area contributed by atoms with E-state index in [2.05, 4.69) is 47.0 Å². The van der Waals surface area contributed by atoms with Gasteiger partial charge in [0.25, 0.3) is 5.91 Å². The van der Waals surface area contributed by atoms with Crippen LogP contribution in [-0.4, -0.2) is 19.1 Å². The molecule has 0 heterocycles. The molecular weight excluding hydrogens is 431 g/mol. The van der Waals surface area contributed by atoms with Crippen molar-refractivity contribution >= 4 is 28.5 Å². The quantitative estimate of drug-likeness (QED) is 0.570. The van der Waals surface area contributed by atoms with Crippen molar-refractivity contribution in [2.24, 2.45) is 5.73 Å². The van der Waals surface area contributed by atoms with Gasteiger partial charge in [0.1, 0.15) is 0 Å². The van der Waals surface area contributed by atoms with Crippen molar-refractivity contribution in [3.05, 3.63) is 57.2 Å². The fraction of sp³-hybridized carbons (Fsp3) is 0.316. The number of hydrogen-bond acceptors (Lipinski definition) is 4.